The Morgan fingerprint density at radius 2 is 2.13 bits per heavy atom. The summed E-state index contributed by atoms with van der Waals surface area (Å²) in [7, 11) is 1.78. The summed E-state index contributed by atoms with van der Waals surface area (Å²) in [5, 5.41) is 0. The molecule has 0 aromatic heterocycles. The van der Waals surface area contributed by atoms with Crippen molar-refractivity contribution in [3.05, 3.63) is 29.3 Å². The van der Waals surface area contributed by atoms with Crippen LogP contribution < -0.4 is 4.74 Å². The van der Waals surface area contributed by atoms with Gasteiger partial charge in [0, 0.05) is 0 Å². The summed E-state index contributed by atoms with van der Waals surface area (Å²) in [6.07, 6.45) is 3.85. The highest BCUT2D eigenvalue weighted by Gasteiger charge is 2.26. The van der Waals surface area contributed by atoms with Crippen molar-refractivity contribution in [1.82, 2.24) is 0 Å². The van der Waals surface area contributed by atoms with Gasteiger partial charge in [0.15, 0.2) is 0 Å². The average Bonchev–Trinajstić information content (AvgIpc) is 3.11. The molecule has 0 bridgehead atoms. The van der Waals surface area contributed by atoms with E-state index in [1.807, 2.05) is 0 Å². The van der Waals surface area contributed by atoms with Crippen LogP contribution in [-0.2, 0) is 0 Å². The first-order valence-electron chi connectivity index (χ1n) is 5.94. The van der Waals surface area contributed by atoms with E-state index in [0.29, 0.717) is 5.92 Å². The van der Waals surface area contributed by atoms with Gasteiger partial charge in [-0.3, -0.25) is 0 Å². The van der Waals surface area contributed by atoms with Gasteiger partial charge < -0.3 is 4.74 Å². The summed E-state index contributed by atoms with van der Waals surface area (Å²) in [6.45, 7) is 4.50. The van der Waals surface area contributed by atoms with E-state index < -0.39 is 0 Å². The smallest absolute Gasteiger partial charge is 0.122 e. The van der Waals surface area contributed by atoms with Crippen LogP contribution in [0.25, 0.3) is 0 Å². The van der Waals surface area contributed by atoms with Gasteiger partial charge in [-0.15, -0.1) is 0 Å². The molecule has 1 fully saturated rings. The van der Waals surface area contributed by atoms with Crippen LogP contribution in [0.2, 0.25) is 0 Å². The lowest BCUT2D eigenvalue weighted by Gasteiger charge is -2.13. The zero-order valence-electron chi connectivity index (χ0n) is 9.92. The minimum Gasteiger partial charge on any atom is -0.496 e. The first-order chi connectivity index (χ1) is 7.26. The molecule has 1 saturated carbocycles. The minimum absolute atomic E-state index is 0.632. The number of ether oxygens (including phenoxy) is 1. The van der Waals surface area contributed by atoms with E-state index in [9.17, 15) is 0 Å². The van der Waals surface area contributed by atoms with Gasteiger partial charge in [-0.05, 0) is 48.3 Å². The highest BCUT2D eigenvalue weighted by molar-refractivity contribution is 5.42. The molecule has 0 saturated heterocycles. The summed E-state index contributed by atoms with van der Waals surface area (Å²) < 4.78 is 5.48. The Morgan fingerprint density at radius 3 is 2.67 bits per heavy atom. The van der Waals surface area contributed by atoms with Gasteiger partial charge in [0.2, 0.25) is 0 Å². The molecule has 0 aliphatic heterocycles. The first-order valence-corrected chi connectivity index (χ1v) is 5.94. The number of rotatable bonds is 4. The molecule has 1 heteroatoms. The summed E-state index contributed by atoms with van der Waals surface area (Å²) in [6, 6.07) is 6.75. The number of hydrogen-bond donors (Lipinski definition) is 0. The zero-order chi connectivity index (χ0) is 10.8. The Morgan fingerprint density at radius 1 is 1.40 bits per heavy atom. The lowest BCUT2D eigenvalue weighted by atomic mass is 9.96. The van der Waals surface area contributed by atoms with Gasteiger partial charge in [0.25, 0.3) is 0 Å². The van der Waals surface area contributed by atoms with Crippen molar-refractivity contribution < 1.29 is 4.74 Å². The number of benzene rings is 1. The maximum absolute atomic E-state index is 5.48. The van der Waals surface area contributed by atoms with E-state index in [0.717, 1.165) is 11.7 Å². The summed E-state index contributed by atoms with van der Waals surface area (Å²) in [5.74, 6) is 2.49. The van der Waals surface area contributed by atoms with Gasteiger partial charge in [0.05, 0.1) is 7.11 Å². The van der Waals surface area contributed by atoms with Crippen LogP contribution >= 0.6 is 0 Å². The van der Waals surface area contributed by atoms with E-state index >= 15 is 0 Å². The molecule has 15 heavy (non-hydrogen) atoms. The molecule has 0 heterocycles. The van der Waals surface area contributed by atoms with Crippen LogP contribution in [0.3, 0.4) is 0 Å². The van der Waals surface area contributed by atoms with E-state index in [4.69, 9.17) is 4.74 Å². The Hall–Kier alpha value is -0.980. The SMILES string of the molecule is CCC(C)c1ccc(C2CC2)c(OC)c1. The third-order valence-corrected chi connectivity index (χ3v) is 3.46. The Kier molecular flexibility index (Phi) is 2.99. The topological polar surface area (TPSA) is 9.23 Å². The molecule has 0 spiro atoms. The second kappa shape index (κ2) is 4.26. The molecule has 0 amide bonds. The van der Waals surface area contributed by atoms with Crippen molar-refractivity contribution in [1.29, 1.82) is 0 Å². The van der Waals surface area contributed by atoms with Crippen molar-refractivity contribution in [2.24, 2.45) is 0 Å². The molecule has 1 atom stereocenters. The second-order valence-electron chi connectivity index (χ2n) is 4.58. The van der Waals surface area contributed by atoms with Gasteiger partial charge in [-0.2, -0.15) is 0 Å². The van der Waals surface area contributed by atoms with Crippen molar-refractivity contribution in [2.75, 3.05) is 7.11 Å². The predicted octanol–water partition coefficient (Wildman–Crippen LogP) is 4.09. The maximum atomic E-state index is 5.48. The minimum atomic E-state index is 0.632. The fraction of sp³-hybridized carbons (Fsp3) is 0.571. The first kappa shape index (κ1) is 10.5. The Balaban J connectivity index is 2.29. The molecule has 1 aromatic rings. The normalized spacial score (nSPS) is 17.5. The molecule has 1 nitrogen and oxygen atoms in total. The van der Waals surface area contributed by atoms with Crippen LogP contribution in [0, 0.1) is 0 Å². The van der Waals surface area contributed by atoms with E-state index in [2.05, 4.69) is 32.0 Å². The zero-order valence-corrected chi connectivity index (χ0v) is 9.92. The summed E-state index contributed by atoms with van der Waals surface area (Å²) in [4.78, 5) is 0. The standard InChI is InChI=1S/C14H20O/c1-4-10(2)12-7-8-13(11-5-6-11)14(9-12)15-3/h7-11H,4-6H2,1-3H3. The van der Waals surface area contributed by atoms with E-state index in [1.165, 1.54) is 30.4 Å². The number of hydrogen-bond acceptors (Lipinski definition) is 1. The molecule has 82 valence electrons. The molecular weight excluding hydrogens is 184 g/mol. The lowest BCUT2D eigenvalue weighted by molar-refractivity contribution is 0.409. The molecule has 0 N–H and O–H groups in total. The van der Waals surface area contributed by atoms with E-state index in [-0.39, 0.29) is 0 Å². The van der Waals surface area contributed by atoms with Crippen LogP contribution in [0.15, 0.2) is 18.2 Å². The molecular formula is C14H20O. The second-order valence-corrected chi connectivity index (χ2v) is 4.58. The highest BCUT2D eigenvalue weighted by atomic mass is 16.5. The molecule has 2 rings (SSSR count). The van der Waals surface area contributed by atoms with Gasteiger partial charge >= 0.3 is 0 Å². The maximum Gasteiger partial charge on any atom is 0.122 e. The fourth-order valence-corrected chi connectivity index (χ4v) is 2.00. The third kappa shape index (κ3) is 2.17. The third-order valence-electron chi connectivity index (χ3n) is 3.46. The van der Waals surface area contributed by atoms with Crippen molar-refractivity contribution in [3.8, 4) is 5.75 Å². The van der Waals surface area contributed by atoms with Gasteiger partial charge in [-0.1, -0.05) is 26.0 Å². The molecule has 1 aliphatic carbocycles. The largest absolute Gasteiger partial charge is 0.496 e. The van der Waals surface area contributed by atoms with Crippen LogP contribution in [0.1, 0.15) is 56.1 Å². The van der Waals surface area contributed by atoms with Gasteiger partial charge in [-0.25, -0.2) is 0 Å². The van der Waals surface area contributed by atoms with E-state index in [1.54, 1.807) is 7.11 Å². The molecule has 1 aliphatic rings. The predicted molar refractivity (Wildman–Crippen MR) is 63.7 cm³/mol. The number of methoxy groups -OCH3 is 1. The summed E-state index contributed by atoms with van der Waals surface area (Å²) >= 11 is 0. The van der Waals surface area contributed by atoms with Crippen LogP contribution in [0.5, 0.6) is 5.75 Å². The summed E-state index contributed by atoms with van der Waals surface area (Å²) in [5.41, 5.74) is 2.81. The Labute approximate surface area is 92.5 Å². The van der Waals surface area contributed by atoms with Crippen LogP contribution in [-0.4, -0.2) is 7.11 Å². The van der Waals surface area contributed by atoms with Crippen molar-refractivity contribution >= 4 is 0 Å². The average molecular weight is 204 g/mol. The molecule has 1 unspecified atom stereocenters. The highest BCUT2D eigenvalue weighted by Crippen LogP contribution is 2.44. The quantitative estimate of drug-likeness (QED) is 0.718. The van der Waals surface area contributed by atoms with Crippen molar-refractivity contribution in [3.63, 3.8) is 0 Å². The lowest BCUT2D eigenvalue weighted by Crippen LogP contribution is -1.96. The Bertz CT molecular complexity index is 339. The molecule has 0 radical (unpaired) electrons. The fourth-order valence-electron chi connectivity index (χ4n) is 2.00. The van der Waals surface area contributed by atoms with Crippen molar-refractivity contribution in [2.45, 2.75) is 44.9 Å². The van der Waals surface area contributed by atoms with Crippen LogP contribution in [0.4, 0.5) is 0 Å². The van der Waals surface area contributed by atoms with Gasteiger partial charge in [0.1, 0.15) is 5.75 Å². The monoisotopic (exact) mass is 204 g/mol. The molecule has 1 aromatic carbocycles.